The molecule has 0 heterocycles. The minimum atomic E-state index is -0.745. The Kier molecular flexibility index (Phi) is 7.50. The quantitative estimate of drug-likeness (QED) is 0.451. The summed E-state index contributed by atoms with van der Waals surface area (Å²) in [5, 5.41) is 10.1. The summed E-state index contributed by atoms with van der Waals surface area (Å²) >= 11 is 0. The maximum absolute atomic E-state index is 10.1. The molecule has 0 fully saturated rings. The van der Waals surface area contributed by atoms with Crippen LogP contribution in [0.1, 0.15) is 32.1 Å². The van der Waals surface area contributed by atoms with E-state index in [1.165, 1.54) is 0 Å². The van der Waals surface area contributed by atoms with Gasteiger partial charge in [-0.1, -0.05) is 0 Å². The number of terminal acetylenes is 1. The van der Waals surface area contributed by atoms with Crippen molar-refractivity contribution in [3.8, 4) is 12.3 Å². The summed E-state index contributed by atoms with van der Waals surface area (Å²) in [6, 6.07) is 0. The van der Waals surface area contributed by atoms with E-state index in [9.17, 15) is 5.11 Å². The fraction of sp³-hybridized carbons (Fsp3) is 0.818. The first-order valence-corrected chi connectivity index (χ1v) is 5.03. The molecular formula is C11H21NO2. The molecule has 0 saturated heterocycles. The Balaban J connectivity index is 3.89. The Hall–Kier alpha value is -0.560. The van der Waals surface area contributed by atoms with Crippen LogP contribution < -0.4 is 5.73 Å². The first-order chi connectivity index (χ1) is 6.68. The molecule has 0 aromatic rings. The fourth-order valence-corrected chi connectivity index (χ4v) is 1.49. The predicted octanol–water partition coefficient (Wildman–Crippen LogP) is 0.906. The standard InChI is InChI=1S/C11H21NO2/c1-3-4-5-7-11(13,10-14-2)8-6-9-12/h1,13H,4-10,12H2,2H3. The number of hydrogen-bond acceptors (Lipinski definition) is 3. The molecule has 0 aliphatic heterocycles. The highest BCUT2D eigenvalue weighted by Gasteiger charge is 2.25. The normalized spacial score (nSPS) is 14.7. The number of methoxy groups -OCH3 is 1. The first kappa shape index (κ1) is 13.4. The average Bonchev–Trinajstić information content (AvgIpc) is 2.16. The van der Waals surface area contributed by atoms with Gasteiger partial charge >= 0.3 is 0 Å². The maximum Gasteiger partial charge on any atom is 0.0880 e. The van der Waals surface area contributed by atoms with Gasteiger partial charge in [0.15, 0.2) is 0 Å². The third kappa shape index (κ3) is 5.98. The van der Waals surface area contributed by atoms with Crippen LogP contribution in [-0.2, 0) is 4.74 Å². The van der Waals surface area contributed by atoms with Gasteiger partial charge in [-0.2, -0.15) is 0 Å². The lowest BCUT2D eigenvalue weighted by Crippen LogP contribution is -2.34. The van der Waals surface area contributed by atoms with Crippen LogP contribution in [0.15, 0.2) is 0 Å². The molecule has 3 nitrogen and oxygen atoms in total. The van der Waals surface area contributed by atoms with Crippen LogP contribution in [0, 0.1) is 12.3 Å². The molecule has 0 rings (SSSR count). The number of rotatable bonds is 8. The predicted molar refractivity (Wildman–Crippen MR) is 57.8 cm³/mol. The van der Waals surface area contributed by atoms with Gasteiger partial charge in [-0.05, 0) is 32.2 Å². The van der Waals surface area contributed by atoms with Crippen LogP contribution in [-0.4, -0.2) is 31.0 Å². The van der Waals surface area contributed by atoms with Gasteiger partial charge in [-0.15, -0.1) is 12.3 Å². The molecule has 0 amide bonds. The molecule has 3 heteroatoms. The van der Waals surface area contributed by atoms with Crippen molar-refractivity contribution in [2.75, 3.05) is 20.3 Å². The van der Waals surface area contributed by atoms with Crippen molar-refractivity contribution in [2.45, 2.75) is 37.7 Å². The number of unbranched alkanes of at least 4 members (excludes halogenated alkanes) is 1. The lowest BCUT2D eigenvalue weighted by molar-refractivity contribution is -0.0448. The third-order valence-electron chi connectivity index (χ3n) is 2.22. The Morgan fingerprint density at radius 3 is 2.57 bits per heavy atom. The molecule has 1 atom stereocenters. The zero-order valence-corrected chi connectivity index (χ0v) is 8.96. The van der Waals surface area contributed by atoms with E-state index in [0.29, 0.717) is 32.4 Å². The third-order valence-corrected chi connectivity index (χ3v) is 2.22. The minimum absolute atomic E-state index is 0.359. The van der Waals surface area contributed by atoms with Crippen molar-refractivity contribution < 1.29 is 9.84 Å². The summed E-state index contributed by atoms with van der Waals surface area (Å²) in [5.74, 6) is 2.56. The zero-order chi connectivity index (χ0) is 10.9. The van der Waals surface area contributed by atoms with Gasteiger partial charge in [0, 0.05) is 13.5 Å². The summed E-state index contributed by atoms with van der Waals surface area (Å²) in [7, 11) is 1.59. The van der Waals surface area contributed by atoms with E-state index in [0.717, 1.165) is 12.8 Å². The van der Waals surface area contributed by atoms with Gasteiger partial charge < -0.3 is 15.6 Å². The van der Waals surface area contributed by atoms with Crippen molar-refractivity contribution in [1.29, 1.82) is 0 Å². The summed E-state index contributed by atoms with van der Waals surface area (Å²) in [4.78, 5) is 0. The first-order valence-electron chi connectivity index (χ1n) is 5.03. The van der Waals surface area contributed by atoms with Crippen molar-refractivity contribution in [3.05, 3.63) is 0 Å². The van der Waals surface area contributed by atoms with E-state index >= 15 is 0 Å². The van der Waals surface area contributed by atoms with Crippen LogP contribution in [0.5, 0.6) is 0 Å². The van der Waals surface area contributed by atoms with Crippen LogP contribution in [0.2, 0.25) is 0 Å². The Morgan fingerprint density at radius 2 is 2.07 bits per heavy atom. The highest BCUT2D eigenvalue weighted by Crippen LogP contribution is 2.20. The molecule has 0 aromatic carbocycles. The molecule has 0 radical (unpaired) electrons. The van der Waals surface area contributed by atoms with Gasteiger partial charge in [0.25, 0.3) is 0 Å². The summed E-state index contributed by atoms with van der Waals surface area (Å²) < 4.78 is 4.99. The highest BCUT2D eigenvalue weighted by atomic mass is 16.5. The number of aliphatic hydroxyl groups is 1. The second-order valence-electron chi connectivity index (χ2n) is 3.61. The molecule has 3 N–H and O–H groups in total. The molecule has 0 saturated carbocycles. The second kappa shape index (κ2) is 7.81. The molecule has 0 aliphatic rings. The largest absolute Gasteiger partial charge is 0.387 e. The SMILES string of the molecule is C#CCCCC(O)(CCCN)COC. The Labute approximate surface area is 86.6 Å². The number of nitrogens with two attached hydrogens (primary N) is 1. The molecule has 0 spiro atoms. The molecule has 82 valence electrons. The summed E-state index contributed by atoms with van der Waals surface area (Å²) in [6.45, 7) is 0.957. The van der Waals surface area contributed by atoms with E-state index in [-0.39, 0.29) is 0 Å². The van der Waals surface area contributed by atoms with Crippen LogP contribution in [0.4, 0.5) is 0 Å². The topological polar surface area (TPSA) is 55.5 Å². The van der Waals surface area contributed by atoms with Crippen molar-refractivity contribution in [3.63, 3.8) is 0 Å². The van der Waals surface area contributed by atoms with Gasteiger partial charge in [-0.3, -0.25) is 0 Å². The monoisotopic (exact) mass is 199 g/mol. The Bertz CT molecular complexity index is 177. The lowest BCUT2D eigenvalue weighted by atomic mass is 9.92. The highest BCUT2D eigenvalue weighted by molar-refractivity contribution is 4.86. The fourth-order valence-electron chi connectivity index (χ4n) is 1.49. The molecule has 0 bridgehead atoms. The van der Waals surface area contributed by atoms with E-state index in [1.54, 1.807) is 7.11 Å². The van der Waals surface area contributed by atoms with Gasteiger partial charge in [0.05, 0.1) is 12.2 Å². The van der Waals surface area contributed by atoms with E-state index in [2.05, 4.69) is 5.92 Å². The maximum atomic E-state index is 10.1. The zero-order valence-electron chi connectivity index (χ0n) is 8.96. The molecule has 14 heavy (non-hydrogen) atoms. The van der Waals surface area contributed by atoms with Crippen LogP contribution >= 0.6 is 0 Å². The molecular weight excluding hydrogens is 178 g/mol. The molecule has 0 aliphatic carbocycles. The van der Waals surface area contributed by atoms with E-state index in [4.69, 9.17) is 16.9 Å². The van der Waals surface area contributed by atoms with Crippen molar-refractivity contribution in [1.82, 2.24) is 0 Å². The lowest BCUT2D eigenvalue weighted by Gasteiger charge is -2.27. The Morgan fingerprint density at radius 1 is 1.43 bits per heavy atom. The molecule has 0 aromatic heterocycles. The van der Waals surface area contributed by atoms with Gasteiger partial charge in [0.2, 0.25) is 0 Å². The second-order valence-corrected chi connectivity index (χ2v) is 3.61. The van der Waals surface area contributed by atoms with Gasteiger partial charge in [0.1, 0.15) is 0 Å². The van der Waals surface area contributed by atoms with Crippen LogP contribution in [0.3, 0.4) is 0 Å². The van der Waals surface area contributed by atoms with Gasteiger partial charge in [-0.25, -0.2) is 0 Å². The average molecular weight is 199 g/mol. The van der Waals surface area contributed by atoms with Crippen molar-refractivity contribution in [2.24, 2.45) is 5.73 Å². The summed E-state index contributed by atoms with van der Waals surface area (Å²) in [6.07, 6.45) is 8.87. The molecule has 1 unspecified atom stereocenters. The minimum Gasteiger partial charge on any atom is -0.387 e. The van der Waals surface area contributed by atoms with Crippen LogP contribution in [0.25, 0.3) is 0 Å². The number of hydrogen-bond donors (Lipinski definition) is 2. The summed E-state index contributed by atoms with van der Waals surface area (Å²) in [5.41, 5.74) is 4.66. The smallest absolute Gasteiger partial charge is 0.0880 e. The van der Waals surface area contributed by atoms with E-state index < -0.39 is 5.60 Å². The number of ether oxygens (including phenoxy) is 1. The van der Waals surface area contributed by atoms with Crippen molar-refractivity contribution >= 4 is 0 Å². The van der Waals surface area contributed by atoms with E-state index in [1.807, 2.05) is 0 Å².